The molecule has 28 heavy (non-hydrogen) atoms. The molecule has 136 valence electrons. The van der Waals surface area contributed by atoms with E-state index in [4.69, 9.17) is 11.0 Å². The molecule has 0 aliphatic heterocycles. The van der Waals surface area contributed by atoms with Gasteiger partial charge in [-0.15, -0.1) is 0 Å². The van der Waals surface area contributed by atoms with Crippen molar-refractivity contribution in [3.05, 3.63) is 83.2 Å². The second-order valence-corrected chi connectivity index (χ2v) is 5.97. The quantitative estimate of drug-likeness (QED) is 0.689. The summed E-state index contributed by atoms with van der Waals surface area (Å²) in [5.41, 5.74) is 9.01. The van der Waals surface area contributed by atoms with Crippen LogP contribution in [0.4, 0.5) is 11.6 Å². The van der Waals surface area contributed by atoms with Crippen molar-refractivity contribution in [3.8, 4) is 17.9 Å². The van der Waals surface area contributed by atoms with Gasteiger partial charge < -0.3 is 11.1 Å². The van der Waals surface area contributed by atoms with Crippen LogP contribution in [0.2, 0.25) is 0 Å². The number of nitrogens with one attached hydrogen (secondary N) is 1. The molecule has 2 aromatic carbocycles. The third kappa shape index (κ3) is 5.17. The maximum absolute atomic E-state index is 12.5. The summed E-state index contributed by atoms with van der Waals surface area (Å²) in [5.74, 6) is 5.96. The van der Waals surface area contributed by atoms with Gasteiger partial charge in [0.25, 0.3) is 5.91 Å². The van der Waals surface area contributed by atoms with Gasteiger partial charge >= 0.3 is 0 Å². The summed E-state index contributed by atoms with van der Waals surface area (Å²) in [6.07, 6.45) is 4.16. The van der Waals surface area contributed by atoms with Crippen LogP contribution in [0.25, 0.3) is 0 Å². The molecule has 0 spiro atoms. The van der Waals surface area contributed by atoms with Gasteiger partial charge in [0.15, 0.2) is 0 Å². The number of nitrogen functional groups attached to an aromatic ring is 1. The lowest BCUT2D eigenvalue weighted by Gasteiger charge is -2.07. The molecule has 0 aliphatic carbocycles. The molecule has 3 N–H and O–H groups in total. The molecular formula is C22H17N5O. The Morgan fingerprint density at radius 1 is 1.04 bits per heavy atom. The molecule has 0 radical (unpaired) electrons. The molecule has 0 fully saturated rings. The standard InChI is InChI=1S/C22H17N5O/c23-11-3-6-16-4-1-7-19(12-16)21(28)27-20-8-2-5-17(13-20)9-10-18-14-25-22(24)26-15-18/h1-2,4-5,7-8,12-15H,3,6H2,(H,27,28)(H2,24,25,26). The number of carbonyl (C=O) groups excluding carboxylic acids is 1. The summed E-state index contributed by atoms with van der Waals surface area (Å²) in [6, 6.07) is 16.7. The maximum Gasteiger partial charge on any atom is 0.255 e. The summed E-state index contributed by atoms with van der Waals surface area (Å²) < 4.78 is 0. The Hall–Kier alpha value is -4.16. The van der Waals surface area contributed by atoms with Crippen LogP contribution in [0.1, 0.15) is 33.5 Å². The van der Waals surface area contributed by atoms with Crippen molar-refractivity contribution in [3.63, 3.8) is 0 Å². The van der Waals surface area contributed by atoms with Gasteiger partial charge in [0, 0.05) is 35.6 Å². The van der Waals surface area contributed by atoms with Crippen molar-refractivity contribution in [2.45, 2.75) is 12.8 Å². The molecule has 1 amide bonds. The van der Waals surface area contributed by atoms with Crippen molar-refractivity contribution in [1.29, 1.82) is 5.26 Å². The highest BCUT2D eigenvalue weighted by molar-refractivity contribution is 6.04. The van der Waals surface area contributed by atoms with Crippen LogP contribution < -0.4 is 11.1 Å². The van der Waals surface area contributed by atoms with Crippen molar-refractivity contribution in [1.82, 2.24) is 9.97 Å². The second-order valence-electron chi connectivity index (χ2n) is 5.97. The van der Waals surface area contributed by atoms with Crippen LogP contribution in [0, 0.1) is 23.2 Å². The second kappa shape index (κ2) is 8.98. The molecule has 3 rings (SSSR count). The number of hydrogen-bond donors (Lipinski definition) is 2. The molecule has 6 heteroatoms. The summed E-state index contributed by atoms with van der Waals surface area (Å²) >= 11 is 0. The molecule has 0 saturated heterocycles. The van der Waals surface area contributed by atoms with Crippen LogP contribution in [-0.2, 0) is 6.42 Å². The Kier molecular flexibility index (Phi) is 5.97. The number of amides is 1. The monoisotopic (exact) mass is 367 g/mol. The minimum absolute atomic E-state index is 0.201. The van der Waals surface area contributed by atoms with E-state index in [1.165, 1.54) is 0 Å². The summed E-state index contributed by atoms with van der Waals surface area (Å²) in [7, 11) is 0. The van der Waals surface area contributed by atoms with Gasteiger partial charge in [-0.3, -0.25) is 4.79 Å². The zero-order chi connectivity index (χ0) is 19.8. The van der Waals surface area contributed by atoms with E-state index in [0.29, 0.717) is 29.7 Å². The van der Waals surface area contributed by atoms with Crippen molar-refractivity contribution in [2.24, 2.45) is 0 Å². The van der Waals surface area contributed by atoms with Crippen molar-refractivity contribution in [2.75, 3.05) is 11.1 Å². The smallest absolute Gasteiger partial charge is 0.255 e. The number of aryl methyl sites for hydroxylation is 1. The molecule has 0 bridgehead atoms. The Balaban J connectivity index is 1.72. The number of carbonyl (C=O) groups is 1. The molecule has 1 aromatic heterocycles. The lowest BCUT2D eigenvalue weighted by molar-refractivity contribution is 0.102. The highest BCUT2D eigenvalue weighted by Gasteiger charge is 2.07. The normalized spacial score (nSPS) is 9.68. The average molecular weight is 367 g/mol. The van der Waals surface area contributed by atoms with E-state index in [2.05, 4.69) is 33.2 Å². The van der Waals surface area contributed by atoms with Gasteiger partial charge in [-0.1, -0.05) is 30.0 Å². The number of anilines is 2. The number of aromatic nitrogens is 2. The van der Waals surface area contributed by atoms with E-state index in [1.54, 1.807) is 36.7 Å². The molecule has 0 unspecified atom stereocenters. The van der Waals surface area contributed by atoms with Gasteiger partial charge in [-0.05, 0) is 42.3 Å². The van der Waals surface area contributed by atoms with Crippen molar-refractivity contribution < 1.29 is 4.79 Å². The number of benzene rings is 2. The van der Waals surface area contributed by atoms with Crippen LogP contribution in [0.3, 0.4) is 0 Å². The van der Waals surface area contributed by atoms with E-state index in [-0.39, 0.29) is 11.9 Å². The van der Waals surface area contributed by atoms with E-state index in [0.717, 1.165) is 11.1 Å². The molecule has 6 nitrogen and oxygen atoms in total. The summed E-state index contributed by atoms with van der Waals surface area (Å²) in [4.78, 5) is 20.3. The number of nitrogens with two attached hydrogens (primary N) is 1. The molecule has 0 saturated carbocycles. The SMILES string of the molecule is N#CCCc1cccc(C(=O)Nc2cccc(C#Cc3cnc(N)nc3)c2)c1. The van der Waals surface area contributed by atoms with Crippen LogP contribution in [0.15, 0.2) is 60.9 Å². The topological polar surface area (TPSA) is 105 Å². The van der Waals surface area contributed by atoms with Gasteiger partial charge in [-0.25, -0.2) is 9.97 Å². The van der Waals surface area contributed by atoms with Crippen LogP contribution in [0.5, 0.6) is 0 Å². The molecule has 0 atom stereocenters. The predicted octanol–water partition coefficient (Wildman–Crippen LogP) is 3.17. The number of nitrogens with zero attached hydrogens (tertiary/aromatic N) is 3. The van der Waals surface area contributed by atoms with Gasteiger partial charge in [0.2, 0.25) is 5.95 Å². The van der Waals surface area contributed by atoms with E-state index < -0.39 is 0 Å². The lowest BCUT2D eigenvalue weighted by Crippen LogP contribution is -2.12. The Morgan fingerprint density at radius 3 is 2.57 bits per heavy atom. The minimum Gasteiger partial charge on any atom is -0.368 e. The third-order valence-corrected chi connectivity index (χ3v) is 3.86. The van der Waals surface area contributed by atoms with E-state index in [1.807, 2.05) is 24.3 Å². The minimum atomic E-state index is -0.212. The first-order chi connectivity index (χ1) is 13.6. The summed E-state index contributed by atoms with van der Waals surface area (Å²) in [6.45, 7) is 0. The fourth-order valence-electron chi connectivity index (χ4n) is 2.49. The molecule has 1 heterocycles. The molecule has 3 aromatic rings. The number of hydrogen-bond acceptors (Lipinski definition) is 5. The van der Waals surface area contributed by atoms with Crippen LogP contribution in [-0.4, -0.2) is 15.9 Å². The first-order valence-corrected chi connectivity index (χ1v) is 8.61. The Labute approximate surface area is 163 Å². The predicted molar refractivity (Wildman–Crippen MR) is 107 cm³/mol. The zero-order valence-corrected chi connectivity index (χ0v) is 15.0. The van der Waals surface area contributed by atoms with Gasteiger partial charge in [-0.2, -0.15) is 5.26 Å². The van der Waals surface area contributed by atoms with E-state index >= 15 is 0 Å². The number of nitriles is 1. The fraction of sp³-hybridized carbons (Fsp3) is 0.0909. The first-order valence-electron chi connectivity index (χ1n) is 8.61. The highest BCUT2D eigenvalue weighted by Crippen LogP contribution is 2.13. The Morgan fingerprint density at radius 2 is 1.79 bits per heavy atom. The third-order valence-electron chi connectivity index (χ3n) is 3.86. The Bertz CT molecular complexity index is 1090. The van der Waals surface area contributed by atoms with Gasteiger partial charge in [0.05, 0.1) is 11.6 Å². The number of rotatable bonds is 4. The molecule has 0 aliphatic rings. The lowest BCUT2D eigenvalue weighted by atomic mass is 10.1. The maximum atomic E-state index is 12.5. The first kappa shape index (κ1) is 18.6. The molecular weight excluding hydrogens is 350 g/mol. The van der Waals surface area contributed by atoms with Gasteiger partial charge in [0.1, 0.15) is 0 Å². The van der Waals surface area contributed by atoms with Crippen LogP contribution >= 0.6 is 0 Å². The largest absolute Gasteiger partial charge is 0.368 e. The summed E-state index contributed by atoms with van der Waals surface area (Å²) in [5, 5.41) is 11.6. The highest BCUT2D eigenvalue weighted by atomic mass is 16.1. The zero-order valence-electron chi connectivity index (χ0n) is 15.0. The van der Waals surface area contributed by atoms with E-state index in [9.17, 15) is 4.79 Å². The fourth-order valence-corrected chi connectivity index (χ4v) is 2.49. The van der Waals surface area contributed by atoms with Crippen molar-refractivity contribution >= 4 is 17.5 Å². The average Bonchev–Trinajstić information content (AvgIpc) is 2.72.